The number of hydrogen-bond donors (Lipinski definition) is 4. The molecule has 0 spiro atoms. The summed E-state index contributed by atoms with van der Waals surface area (Å²) < 4.78 is 20.9. The van der Waals surface area contributed by atoms with Gasteiger partial charge in [0.15, 0.2) is 6.10 Å². The monoisotopic (exact) mass is 584 g/mol. The first kappa shape index (κ1) is 32.9. The van der Waals surface area contributed by atoms with E-state index < -0.39 is 66.7 Å². The molecule has 0 aromatic heterocycles. The van der Waals surface area contributed by atoms with Crippen LogP contribution in [-0.4, -0.2) is 112 Å². The van der Waals surface area contributed by atoms with Crippen LogP contribution in [0, 0.1) is 5.92 Å². The summed E-state index contributed by atoms with van der Waals surface area (Å²) in [5.74, 6) is -2.68. The quantitative estimate of drug-likeness (QED) is 0.136. The fraction of sp³-hybridized carbons (Fsp3) is 0.786. The SMILES string of the molecule is C=CCOC(=O)[C@H]1O[C@@H](OC(=O)[C@@H]2C[C@@H]3CCCC[C@@H]3N2C(=O)[C@H](C)N[C@@H](CCC)C(=O)OCC)[C@@H](O)[C@H](O)[C@@H]1O. The zero-order chi connectivity index (χ0) is 30.3. The number of rotatable bonds is 12. The van der Waals surface area contributed by atoms with Gasteiger partial charge < -0.3 is 39.2 Å². The maximum absolute atomic E-state index is 13.8. The summed E-state index contributed by atoms with van der Waals surface area (Å²) in [5.41, 5.74) is 0. The Morgan fingerprint density at radius 3 is 2.41 bits per heavy atom. The Labute approximate surface area is 240 Å². The minimum Gasteiger partial charge on any atom is -0.465 e. The Kier molecular flexibility index (Phi) is 12.1. The lowest BCUT2D eigenvalue weighted by molar-refractivity contribution is -0.288. The molecule has 2 aliphatic heterocycles. The van der Waals surface area contributed by atoms with E-state index in [2.05, 4.69) is 11.9 Å². The van der Waals surface area contributed by atoms with Gasteiger partial charge in [-0.25, -0.2) is 9.59 Å². The van der Waals surface area contributed by atoms with Crippen LogP contribution in [0.2, 0.25) is 0 Å². The van der Waals surface area contributed by atoms with Gasteiger partial charge >= 0.3 is 17.9 Å². The van der Waals surface area contributed by atoms with Gasteiger partial charge in [0.05, 0.1) is 12.6 Å². The molecule has 13 heteroatoms. The Hall–Kier alpha value is -2.58. The van der Waals surface area contributed by atoms with E-state index in [1.165, 1.54) is 11.0 Å². The number of fused-ring (bicyclic) bond motifs is 1. The summed E-state index contributed by atoms with van der Waals surface area (Å²) in [6, 6.07) is -2.73. The topological polar surface area (TPSA) is 181 Å². The number of nitrogens with zero attached hydrogens (tertiary/aromatic N) is 1. The fourth-order valence-electron chi connectivity index (χ4n) is 5.94. The summed E-state index contributed by atoms with van der Waals surface area (Å²) in [4.78, 5) is 53.6. The molecule has 232 valence electrons. The molecule has 0 bridgehead atoms. The summed E-state index contributed by atoms with van der Waals surface area (Å²) >= 11 is 0. The second kappa shape index (κ2) is 15.1. The highest BCUT2D eigenvalue weighted by Crippen LogP contribution is 2.41. The number of likely N-dealkylation sites (tertiary alicyclic amines) is 1. The molecule has 13 nitrogen and oxygen atoms in total. The number of amides is 1. The van der Waals surface area contributed by atoms with Crippen molar-refractivity contribution >= 4 is 23.8 Å². The molecule has 0 aromatic carbocycles. The van der Waals surface area contributed by atoms with Crippen molar-refractivity contribution < 1.29 is 53.4 Å². The van der Waals surface area contributed by atoms with E-state index in [0.29, 0.717) is 25.7 Å². The standard InChI is InChI=1S/C28H44N2O11/c1-5-10-17(25(35)38-7-3)29-15(4)24(34)30-18-12-9-8-11-16(18)14-19(30)26(36)41-28-22(33)20(31)21(32)23(40-28)27(37)39-13-6-2/h6,15-23,28-29,31-33H,2,5,7-14H2,1,3-4H3/t15-,16-,17-,18-,19-,20+,21-,22-,23-,28-/m0/s1. The highest BCUT2D eigenvalue weighted by atomic mass is 16.7. The van der Waals surface area contributed by atoms with Crippen molar-refractivity contribution in [2.45, 2.75) is 121 Å². The molecule has 3 fully saturated rings. The van der Waals surface area contributed by atoms with Gasteiger partial charge in [-0.05, 0) is 45.4 Å². The molecule has 3 rings (SSSR count). The average molecular weight is 585 g/mol. The number of nitrogens with one attached hydrogen (secondary N) is 1. The van der Waals surface area contributed by atoms with Crippen LogP contribution < -0.4 is 5.32 Å². The summed E-state index contributed by atoms with van der Waals surface area (Å²) in [6.07, 6.45) is -2.91. The second-order valence-corrected chi connectivity index (χ2v) is 10.8. The second-order valence-electron chi connectivity index (χ2n) is 10.8. The van der Waals surface area contributed by atoms with Gasteiger partial charge in [-0.2, -0.15) is 0 Å². The van der Waals surface area contributed by atoms with Crippen molar-refractivity contribution in [3.63, 3.8) is 0 Å². The summed E-state index contributed by atoms with van der Waals surface area (Å²) in [7, 11) is 0. The predicted molar refractivity (Wildman–Crippen MR) is 143 cm³/mol. The van der Waals surface area contributed by atoms with Crippen LogP contribution >= 0.6 is 0 Å². The fourth-order valence-corrected chi connectivity index (χ4v) is 5.94. The lowest BCUT2D eigenvalue weighted by Crippen LogP contribution is -2.61. The maximum atomic E-state index is 13.8. The molecule has 41 heavy (non-hydrogen) atoms. The van der Waals surface area contributed by atoms with Crippen molar-refractivity contribution in [2.24, 2.45) is 5.92 Å². The minimum absolute atomic E-state index is 0.0557. The van der Waals surface area contributed by atoms with E-state index >= 15 is 0 Å². The van der Waals surface area contributed by atoms with Gasteiger partial charge in [0.2, 0.25) is 12.2 Å². The number of hydrogen-bond acceptors (Lipinski definition) is 12. The van der Waals surface area contributed by atoms with Crippen molar-refractivity contribution in [1.82, 2.24) is 10.2 Å². The Morgan fingerprint density at radius 2 is 1.76 bits per heavy atom. The first-order valence-electron chi connectivity index (χ1n) is 14.5. The number of carbonyl (C=O) groups excluding carboxylic acids is 4. The van der Waals surface area contributed by atoms with Crippen LogP contribution in [0.4, 0.5) is 0 Å². The van der Waals surface area contributed by atoms with E-state index in [1.54, 1.807) is 13.8 Å². The predicted octanol–water partition coefficient (Wildman–Crippen LogP) is -0.0640. The van der Waals surface area contributed by atoms with Crippen LogP contribution in [0.3, 0.4) is 0 Å². The molecule has 0 unspecified atom stereocenters. The normalized spacial score (nSPS) is 32.8. The zero-order valence-electron chi connectivity index (χ0n) is 24.0. The van der Waals surface area contributed by atoms with E-state index in [9.17, 15) is 34.5 Å². The van der Waals surface area contributed by atoms with Gasteiger partial charge in [0, 0.05) is 6.04 Å². The van der Waals surface area contributed by atoms with Gasteiger partial charge in [-0.15, -0.1) is 0 Å². The molecule has 1 aliphatic carbocycles. The molecule has 1 saturated carbocycles. The molecule has 0 aromatic rings. The molecule has 0 radical (unpaired) electrons. The molecule has 1 amide bonds. The van der Waals surface area contributed by atoms with E-state index in [4.69, 9.17) is 18.9 Å². The highest BCUT2D eigenvalue weighted by Gasteiger charge is 2.53. The largest absolute Gasteiger partial charge is 0.465 e. The average Bonchev–Trinajstić information content (AvgIpc) is 3.35. The van der Waals surface area contributed by atoms with E-state index in [0.717, 1.165) is 19.3 Å². The Bertz CT molecular complexity index is 946. The molecular weight excluding hydrogens is 540 g/mol. The Morgan fingerprint density at radius 1 is 1.05 bits per heavy atom. The zero-order valence-corrected chi connectivity index (χ0v) is 24.0. The van der Waals surface area contributed by atoms with Crippen LogP contribution in [-0.2, 0) is 38.1 Å². The summed E-state index contributed by atoms with van der Waals surface area (Å²) in [6.45, 7) is 8.71. The third-order valence-corrected chi connectivity index (χ3v) is 7.96. The third-order valence-electron chi connectivity index (χ3n) is 7.96. The van der Waals surface area contributed by atoms with Gasteiger partial charge in [0.25, 0.3) is 0 Å². The van der Waals surface area contributed by atoms with E-state index in [1.807, 2.05) is 6.92 Å². The van der Waals surface area contributed by atoms with Gasteiger partial charge in [0.1, 0.15) is 37.0 Å². The number of aliphatic hydroxyl groups excluding tert-OH is 3. The smallest absolute Gasteiger partial charge is 0.338 e. The van der Waals surface area contributed by atoms with Crippen molar-refractivity contribution in [1.29, 1.82) is 0 Å². The molecule has 4 N–H and O–H groups in total. The summed E-state index contributed by atoms with van der Waals surface area (Å²) in [5, 5.41) is 34.1. The minimum atomic E-state index is -1.87. The number of carbonyl (C=O) groups is 4. The molecule has 2 heterocycles. The van der Waals surface area contributed by atoms with Crippen molar-refractivity contribution in [3.05, 3.63) is 12.7 Å². The highest BCUT2D eigenvalue weighted by molar-refractivity contribution is 5.89. The van der Waals surface area contributed by atoms with Crippen molar-refractivity contribution in [3.8, 4) is 0 Å². The van der Waals surface area contributed by atoms with Crippen LogP contribution in [0.15, 0.2) is 12.7 Å². The molecular formula is C28H44N2O11. The van der Waals surface area contributed by atoms with Gasteiger partial charge in [-0.3, -0.25) is 14.9 Å². The molecule has 2 saturated heterocycles. The molecule has 3 aliphatic rings. The lowest BCUT2D eigenvalue weighted by atomic mass is 9.84. The number of aliphatic hydroxyl groups is 3. The van der Waals surface area contributed by atoms with Crippen LogP contribution in [0.25, 0.3) is 0 Å². The third kappa shape index (κ3) is 7.63. The number of ether oxygens (including phenoxy) is 4. The van der Waals surface area contributed by atoms with Crippen LogP contribution in [0.1, 0.15) is 65.7 Å². The first-order valence-corrected chi connectivity index (χ1v) is 14.5. The molecule has 10 atom stereocenters. The van der Waals surface area contributed by atoms with Crippen LogP contribution in [0.5, 0.6) is 0 Å². The Balaban J connectivity index is 1.78. The lowest BCUT2D eigenvalue weighted by Gasteiger charge is -2.39. The van der Waals surface area contributed by atoms with Crippen molar-refractivity contribution in [2.75, 3.05) is 13.2 Å². The number of esters is 3. The maximum Gasteiger partial charge on any atom is 0.338 e. The van der Waals surface area contributed by atoms with E-state index in [-0.39, 0.29) is 31.1 Å². The first-order chi connectivity index (χ1) is 19.5. The van der Waals surface area contributed by atoms with Gasteiger partial charge in [-0.1, -0.05) is 38.8 Å².